The number of nitriles is 1. The summed E-state index contributed by atoms with van der Waals surface area (Å²) in [4.78, 5) is 8.09. The Morgan fingerprint density at radius 3 is 1.40 bits per heavy atom. The Morgan fingerprint density at radius 2 is 0.862 bits per heavy atom. The van der Waals surface area contributed by atoms with Crippen LogP contribution >= 0.6 is 0 Å². The van der Waals surface area contributed by atoms with Gasteiger partial charge < -0.3 is 18.6 Å². The minimum Gasteiger partial charge on any atom is -0.456 e. The first-order valence-electron chi connectivity index (χ1n) is 19.0. The molecule has 2 aromatic heterocycles. The van der Waals surface area contributed by atoms with Gasteiger partial charge in [-0.25, -0.2) is 4.85 Å². The zero-order valence-electron chi connectivity index (χ0n) is 30.9. The molecular formula is C52H30N4O2. The van der Waals surface area contributed by atoms with Gasteiger partial charge >= 0.3 is 0 Å². The zero-order chi connectivity index (χ0) is 38.7. The van der Waals surface area contributed by atoms with E-state index in [1.807, 2.05) is 84.9 Å². The lowest BCUT2D eigenvalue weighted by Crippen LogP contribution is -2.11. The first kappa shape index (κ1) is 33.1. The highest BCUT2D eigenvalue weighted by Gasteiger charge is 2.20. The lowest BCUT2D eigenvalue weighted by molar-refractivity contribution is 0.664. The molecule has 0 aliphatic carbocycles. The third-order valence-corrected chi connectivity index (χ3v) is 11.0. The number of para-hydroxylation sites is 5. The van der Waals surface area contributed by atoms with Crippen molar-refractivity contribution in [2.75, 3.05) is 9.80 Å². The smallest absolute Gasteiger partial charge is 0.210 e. The summed E-state index contributed by atoms with van der Waals surface area (Å²) < 4.78 is 13.2. The van der Waals surface area contributed by atoms with Crippen LogP contribution in [0, 0.1) is 17.9 Å². The van der Waals surface area contributed by atoms with E-state index in [1.165, 1.54) is 0 Å². The van der Waals surface area contributed by atoms with Crippen molar-refractivity contribution >= 4 is 105 Å². The van der Waals surface area contributed by atoms with E-state index >= 15 is 0 Å². The highest BCUT2D eigenvalue weighted by atomic mass is 16.3. The Morgan fingerprint density at radius 1 is 0.414 bits per heavy atom. The van der Waals surface area contributed by atoms with Gasteiger partial charge in [0, 0.05) is 44.3 Å². The molecule has 0 aliphatic rings. The maximum absolute atomic E-state index is 9.99. The van der Waals surface area contributed by atoms with Crippen LogP contribution < -0.4 is 9.80 Å². The highest BCUT2D eigenvalue weighted by Crippen LogP contribution is 2.44. The van der Waals surface area contributed by atoms with Crippen LogP contribution in [-0.4, -0.2) is 0 Å². The van der Waals surface area contributed by atoms with Gasteiger partial charge in [0.1, 0.15) is 28.4 Å². The van der Waals surface area contributed by atoms with Gasteiger partial charge in [0.15, 0.2) is 0 Å². The molecule has 0 bridgehead atoms. The summed E-state index contributed by atoms with van der Waals surface area (Å²) in [6.07, 6.45) is 0. The first-order valence-corrected chi connectivity index (χ1v) is 19.0. The van der Waals surface area contributed by atoms with Crippen LogP contribution in [0.2, 0.25) is 0 Å². The highest BCUT2D eigenvalue weighted by molar-refractivity contribution is 6.18. The molecule has 270 valence electrons. The monoisotopic (exact) mass is 742 g/mol. The van der Waals surface area contributed by atoms with Crippen molar-refractivity contribution in [2.24, 2.45) is 0 Å². The summed E-state index contributed by atoms with van der Waals surface area (Å²) >= 11 is 0. The molecule has 0 unspecified atom stereocenters. The maximum atomic E-state index is 9.99. The van der Waals surface area contributed by atoms with E-state index in [-0.39, 0.29) is 0 Å². The number of hydrogen-bond acceptors (Lipinski definition) is 5. The number of anilines is 6. The number of benzene rings is 9. The Balaban J connectivity index is 1.01. The molecule has 2 heterocycles. The molecule has 0 N–H and O–H groups in total. The lowest BCUT2D eigenvalue weighted by atomic mass is 10.0. The predicted molar refractivity (Wildman–Crippen MR) is 236 cm³/mol. The van der Waals surface area contributed by atoms with Crippen molar-refractivity contribution in [1.82, 2.24) is 0 Å². The first-order chi connectivity index (χ1) is 28.6. The average Bonchev–Trinajstić information content (AvgIpc) is 3.80. The Labute approximate surface area is 333 Å². The van der Waals surface area contributed by atoms with Gasteiger partial charge in [0.2, 0.25) is 5.69 Å². The minimum absolute atomic E-state index is 0.585. The summed E-state index contributed by atoms with van der Waals surface area (Å²) in [5.74, 6) is 0. The van der Waals surface area contributed by atoms with E-state index in [0.717, 1.165) is 99.5 Å². The summed E-state index contributed by atoms with van der Waals surface area (Å²) in [7, 11) is 0. The number of fused-ring (bicyclic) bond motifs is 8. The van der Waals surface area contributed by atoms with Crippen LogP contribution in [0.5, 0.6) is 0 Å². The second-order valence-corrected chi connectivity index (χ2v) is 14.4. The molecule has 6 nitrogen and oxygen atoms in total. The van der Waals surface area contributed by atoms with Crippen LogP contribution in [0.15, 0.2) is 191 Å². The molecule has 6 heteroatoms. The molecular weight excluding hydrogens is 713 g/mol. The molecule has 0 radical (unpaired) electrons. The molecule has 0 saturated heterocycles. The summed E-state index contributed by atoms with van der Waals surface area (Å²) in [5, 5.41) is 18.2. The Bertz CT molecular complexity index is 3270. The van der Waals surface area contributed by atoms with Crippen molar-refractivity contribution in [3.8, 4) is 6.07 Å². The van der Waals surface area contributed by atoms with E-state index < -0.39 is 0 Å². The van der Waals surface area contributed by atoms with Crippen LogP contribution in [0.25, 0.3) is 70.3 Å². The van der Waals surface area contributed by atoms with Crippen molar-refractivity contribution in [1.29, 1.82) is 5.26 Å². The SMILES string of the molecule is [C-]#[N+]c1ccccc1N(c1ccccc1)c1ccc2cc3c(cc2c1)oc1cc2c(cc13)oc1cc3cc(N(c4ccccc4)c4ccccc4C#N)ccc3cc12. The van der Waals surface area contributed by atoms with E-state index in [2.05, 4.69) is 118 Å². The molecule has 11 aromatic rings. The second kappa shape index (κ2) is 13.2. The van der Waals surface area contributed by atoms with Gasteiger partial charge in [-0.05, 0) is 125 Å². The number of nitrogens with zero attached hydrogens (tertiary/aromatic N) is 4. The van der Waals surface area contributed by atoms with Crippen LogP contribution in [-0.2, 0) is 0 Å². The van der Waals surface area contributed by atoms with Gasteiger partial charge in [-0.2, -0.15) is 5.26 Å². The van der Waals surface area contributed by atoms with Gasteiger partial charge in [0.05, 0.1) is 23.5 Å². The molecule has 0 amide bonds. The largest absolute Gasteiger partial charge is 0.456 e. The van der Waals surface area contributed by atoms with E-state index in [4.69, 9.17) is 15.4 Å². The maximum Gasteiger partial charge on any atom is 0.210 e. The van der Waals surface area contributed by atoms with Gasteiger partial charge in [-0.1, -0.05) is 78.9 Å². The Hall–Kier alpha value is -8.32. The predicted octanol–water partition coefficient (Wildman–Crippen LogP) is 15.2. The third kappa shape index (κ3) is 5.33. The normalized spacial score (nSPS) is 11.4. The van der Waals surface area contributed by atoms with Crippen LogP contribution in [0.3, 0.4) is 0 Å². The fourth-order valence-electron chi connectivity index (χ4n) is 8.30. The fourth-order valence-corrected chi connectivity index (χ4v) is 8.30. The standard InChI is InChI=1S/C52H30N4O2/c1-54-46-17-9-11-19-48(46)56(39-15-6-3-7-16-39)41-23-21-34-27-43-45-31-51-44(30-52(45)58-50(43)29-37(34)25-41)42-26-33-20-22-40(24-36(33)28-49(42)57-51)55(38-13-4-2-5-14-38)47-18-10-8-12-35(47)32-53/h2-31H. The molecule has 58 heavy (non-hydrogen) atoms. The number of furan rings is 2. The lowest BCUT2D eigenvalue weighted by Gasteiger charge is -2.27. The van der Waals surface area contributed by atoms with Crippen LogP contribution in [0.1, 0.15) is 5.56 Å². The molecule has 9 aromatic carbocycles. The molecule has 0 fully saturated rings. The summed E-state index contributed by atoms with van der Waals surface area (Å²) in [5.41, 5.74) is 9.84. The molecule has 0 spiro atoms. The second-order valence-electron chi connectivity index (χ2n) is 14.4. The molecule has 0 saturated carbocycles. The fraction of sp³-hybridized carbons (Fsp3) is 0. The van der Waals surface area contributed by atoms with Crippen molar-refractivity contribution < 1.29 is 8.83 Å². The van der Waals surface area contributed by atoms with Crippen molar-refractivity contribution in [3.05, 3.63) is 199 Å². The minimum atomic E-state index is 0.585. The topological polar surface area (TPSA) is 60.9 Å². The molecule has 0 atom stereocenters. The molecule has 0 aliphatic heterocycles. The van der Waals surface area contributed by atoms with Crippen LogP contribution in [0.4, 0.5) is 39.8 Å². The van der Waals surface area contributed by atoms with Crippen molar-refractivity contribution in [2.45, 2.75) is 0 Å². The van der Waals surface area contributed by atoms with E-state index in [9.17, 15) is 5.26 Å². The number of hydrogen-bond donors (Lipinski definition) is 0. The zero-order valence-corrected chi connectivity index (χ0v) is 30.9. The average molecular weight is 743 g/mol. The summed E-state index contributed by atoms with van der Waals surface area (Å²) in [6.45, 7) is 7.86. The van der Waals surface area contributed by atoms with Crippen molar-refractivity contribution in [3.63, 3.8) is 0 Å². The molecule has 11 rings (SSSR count). The summed E-state index contributed by atoms with van der Waals surface area (Å²) in [6, 6.07) is 63.6. The van der Waals surface area contributed by atoms with Gasteiger partial charge in [-0.3, -0.25) is 0 Å². The van der Waals surface area contributed by atoms with Gasteiger partial charge in [-0.15, -0.1) is 0 Å². The van der Waals surface area contributed by atoms with Gasteiger partial charge in [0.25, 0.3) is 0 Å². The third-order valence-electron chi connectivity index (χ3n) is 11.0. The van der Waals surface area contributed by atoms with E-state index in [1.54, 1.807) is 0 Å². The Kier molecular flexibility index (Phi) is 7.50. The quantitative estimate of drug-likeness (QED) is 0.159. The van der Waals surface area contributed by atoms with E-state index in [0.29, 0.717) is 11.3 Å². The number of rotatable bonds is 6.